The van der Waals surface area contributed by atoms with Gasteiger partial charge in [-0.3, -0.25) is 4.98 Å². The maximum Gasteiger partial charge on any atom is 0.0780 e. The quantitative estimate of drug-likeness (QED) is 0.704. The van der Waals surface area contributed by atoms with Crippen LogP contribution in [0.15, 0.2) is 72.9 Å². The summed E-state index contributed by atoms with van der Waals surface area (Å²) in [6.07, 6.45) is 1.86. The second kappa shape index (κ2) is 6.54. The molecule has 0 bridgehead atoms. The van der Waals surface area contributed by atoms with Crippen LogP contribution in [0.1, 0.15) is 5.56 Å². The number of hydrogen-bond acceptors (Lipinski definition) is 2. The van der Waals surface area contributed by atoms with Crippen molar-refractivity contribution >= 4 is 0 Å². The van der Waals surface area contributed by atoms with Gasteiger partial charge >= 0.3 is 0 Å². The van der Waals surface area contributed by atoms with Crippen LogP contribution in [-0.2, 0) is 6.54 Å². The molecule has 22 heavy (non-hydrogen) atoms. The van der Waals surface area contributed by atoms with Crippen molar-refractivity contribution in [1.29, 1.82) is 0 Å². The maximum atomic E-state index is 4.61. The number of nitrogens with zero attached hydrogens (tertiary/aromatic N) is 2. The van der Waals surface area contributed by atoms with E-state index in [-0.39, 0.29) is 0 Å². The van der Waals surface area contributed by atoms with Crippen molar-refractivity contribution in [2.45, 2.75) is 6.54 Å². The van der Waals surface area contributed by atoms with Gasteiger partial charge in [-0.25, -0.2) is 0 Å². The Hall–Kier alpha value is -2.45. The molecule has 0 saturated carbocycles. The van der Waals surface area contributed by atoms with Crippen molar-refractivity contribution < 1.29 is 0 Å². The standard InChI is InChI=1S/C20H20N2/c1-22(2)15-16-10-12-18(13-11-16)20-19(9-6-14-21-20)17-7-4-3-5-8-17/h3-14H,15H2,1-2H3. The first-order valence-corrected chi connectivity index (χ1v) is 7.48. The molecule has 0 amide bonds. The highest BCUT2D eigenvalue weighted by molar-refractivity contribution is 5.80. The molecule has 0 atom stereocenters. The molecule has 2 heteroatoms. The summed E-state index contributed by atoms with van der Waals surface area (Å²) < 4.78 is 0. The van der Waals surface area contributed by atoms with E-state index < -0.39 is 0 Å². The van der Waals surface area contributed by atoms with Crippen molar-refractivity contribution in [3.8, 4) is 22.4 Å². The van der Waals surface area contributed by atoms with Crippen LogP contribution in [0.4, 0.5) is 0 Å². The van der Waals surface area contributed by atoms with E-state index in [1.54, 1.807) is 0 Å². The maximum absolute atomic E-state index is 4.61. The summed E-state index contributed by atoms with van der Waals surface area (Å²) in [5.41, 5.74) is 5.87. The number of hydrogen-bond donors (Lipinski definition) is 0. The average Bonchev–Trinajstić information content (AvgIpc) is 2.56. The number of aromatic nitrogens is 1. The number of benzene rings is 2. The molecule has 0 fully saturated rings. The molecular weight excluding hydrogens is 268 g/mol. The Morgan fingerprint density at radius 3 is 2.18 bits per heavy atom. The summed E-state index contributed by atoms with van der Waals surface area (Å²) >= 11 is 0. The van der Waals surface area contributed by atoms with Gasteiger partial charge in [0.2, 0.25) is 0 Å². The summed E-state index contributed by atoms with van der Waals surface area (Å²) in [7, 11) is 4.17. The first-order valence-electron chi connectivity index (χ1n) is 7.48. The Balaban J connectivity index is 1.99. The lowest BCUT2D eigenvalue weighted by Crippen LogP contribution is -2.10. The summed E-state index contributed by atoms with van der Waals surface area (Å²) in [5, 5.41) is 0. The van der Waals surface area contributed by atoms with E-state index in [1.807, 2.05) is 18.3 Å². The molecule has 110 valence electrons. The van der Waals surface area contributed by atoms with Gasteiger partial charge in [0.25, 0.3) is 0 Å². The minimum absolute atomic E-state index is 0.952. The summed E-state index contributed by atoms with van der Waals surface area (Å²) in [4.78, 5) is 6.78. The van der Waals surface area contributed by atoms with Gasteiger partial charge < -0.3 is 4.90 Å². The molecule has 1 aromatic heterocycles. The zero-order valence-corrected chi connectivity index (χ0v) is 13.0. The van der Waals surface area contributed by atoms with E-state index >= 15 is 0 Å². The third-order valence-electron chi connectivity index (χ3n) is 3.62. The molecule has 1 heterocycles. The molecule has 0 aliphatic carbocycles. The van der Waals surface area contributed by atoms with Gasteiger partial charge in [0.15, 0.2) is 0 Å². The Bertz CT molecular complexity index is 731. The van der Waals surface area contributed by atoms with Crippen LogP contribution >= 0.6 is 0 Å². The van der Waals surface area contributed by atoms with Crippen molar-refractivity contribution in [2.75, 3.05) is 14.1 Å². The Morgan fingerprint density at radius 1 is 0.773 bits per heavy atom. The summed E-state index contributed by atoms with van der Waals surface area (Å²) in [6.45, 7) is 0.952. The second-order valence-electron chi connectivity index (χ2n) is 5.70. The van der Waals surface area contributed by atoms with E-state index in [4.69, 9.17) is 0 Å². The van der Waals surface area contributed by atoms with E-state index in [0.717, 1.165) is 17.8 Å². The molecule has 2 aromatic carbocycles. The normalized spacial score (nSPS) is 10.9. The zero-order chi connectivity index (χ0) is 15.4. The Labute approximate surface area is 132 Å². The number of pyridine rings is 1. The molecule has 3 rings (SSSR count). The molecule has 0 radical (unpaired) electrons. The molecule has 3 aromatic rings. The second-order valence-corrected chi connectivity index (χ2v) is 5.70. The van der Waals surface area contributed by atoms with Gasteiger partial charge in [-0.2, -0.15) is 0 Å². The predicted molar refractivity (Wildman–Crippen MR) is 92.5 cm³/mol. The van der Waals surface area contributed by atoms with E-state index in [1.165, 1.54) is 16.7 Å². The van der Waals surface area contributed by atoms with Crippen LogP contribution in [0.3, 0.4) is 0 Å². The van der Waals surface area contributed by atoms with Crippen molar-refractivity contribution in [3.05, 3.63) is 78.5 Å². The molecule has 0 saturated heterocycles. The average molecular weight is 288 g/mol. The lowest BCUT2D eigenvalue weighted by Gasteiger charge is -2.12. The monoisotopic (exact) mass is 288 g/mol. The third-order valence-corrected chi connectivity index (χ3v) is 3.62. The summed E-state index contributed by atoms with van der Waals surface area (Å²) in [5.74, 6) is 0. The highest BCUT2D eigenvalue weighted by atomic mass is 15.0. The molecule has 0 aliphatic heterocycles. The van der Waals surface area contributed by atoms with Crippen LogP contribution in [0, 0.1) is 0 Å². The minimum atomic E-state index is 0.952. The highest BCUT2D eigenvalue weighted by Gasteiger charge is 2.08. The zero-order valence-electron chi connectivity index (χ0n) is 13.0. The van der Waals surface area contributed by atoms with Crippen LogP contribution in [-0.4, -0.2) is 24.0 Å². The highest BCUT2D eigenvalue weighted by Crippen LogP contribution is 2.30. The van der Waals surface area contributed by atoms with Gasteiger partial charge in [-0.05, 0) is 31.3 Å². The Morgan fingerprint density at radius 2 is 1.50 bits per heavy atom. The van der Waals surface area contributed by atoms with Gasteiger partial charge in [-0.15, -0.1) is 0 Å². The molecule has 0 aliphatic rings. The van der Waals surface area contributed by atoms with E-state index in [2.05, 4.69) is 78.6 Å². The SMILES string of the molecule is CN(C)Cc1ccc(-c2ncccc2-c2ccccc2)cc1. The first-order chi connectivity index (χ1) is 10.7. The fourth-order valence-corrected chi connectivity index (χ4v) is 2.62. The largest absolute Gasteiger partial charge is 0.305 e. The van der Waals surface area contributed by atoms with Gasteiger partial charge in [-0.1, -0.05) is 60.7 Å². The van der Waals surface area contributed by atoms with Crippen LogP contribution in [0.25, 0.3) is 22.4 Å². The summed E-state index contributed by atoms with van der Waals surface area (Å²) in [6, 6.07) is 23.2. The van der Waals surface area contributed by atoms with E-state index in [9.17, 15) is 0 Å². The van der Waals surface area contributed by atoms with Crippen molar-refractivity contribution in [3.63, 3.8) is 0 Å². The Kier molecular flexibility index (Phi) is 4.31. The molecule has 0 spiro atoms. The number of rotatable bonds is 4. The molecular formula is C20H20N2. The lowest BCUT2D eigenvalue weighted by atomic mass is 9.99. The lowest BCUT2D eigenvalue weighted by molar-refractivity contribution is 0.402. The van der Waals surface area contributed by atoms with Gasteiger partial charge in [0.05, 0.1) is 5.69 Å². The van der Waals surface area contributed by atoms with E-state index in [0.29, 0.717) is 0 Å². The topological polar surface area (TPSA) is 16.1 Å². The fourth-order valence-electron chi connectivity index (χ4n) is 2.62. The van der Waals surface area contributed by atoms with Crippen molar-refractivity contribution in [1.82, 2.24) is 9.88 Å². The molecule has 0 N–H and O–H groups in total. The van der Waals surface area contributed by atoms with Crippen molar-refractivity contribution in [2.24, 2.45) is 0 Å². The van der Waals surface area contributed by atoms with Crippen LogP contribution < -0.4 is 0 Å². The molecule has 0 unspecified atom stereocenters. The third kappa shape index (κ3) is 3.23. The van der Waals surface area contributed by atoms with Gasteiger partial charge in [0.1, 0.15) is 0 Å². The minimum Gasteiger partial charge on any atom is -0.305 e. The van der Waals surface area contributed by atoms with Crippen LogP contribution in [0.5, 0.6) is 0 Å². The predicted octanol–water partition coefficient (Wildman–Crippen LogP) is 4.48. The smallest absolute Gasteiger partial charge is 0.0780 e. The fraction of sp³-hybridized carbons (Fsp3) is 0.150. The molecule has 2 nitrogen and oxygen atoms in total. The van der Waals surface area contributed by atoms with Gasteiger partial charge in [0, 0.05) is 23.9 Å². The first kappa shape index (κ1) is 14.5. The van der Waals surface area contributed by atoms with Crippen LogP contribution in [0.2, 0.25) is 0 Å².